The van der Waals surface area contributed by atoms with Crippen LogP contribution in [0.1, 0.15) is 6.42 Å². The fraction of sp³-hybridized carbons (Fsp3) is 0.280. The molecule has 0 aromatic heterocycles. The molecular formula is C25H25Cl2N3S. The molecule has 0 atom stereocenters. The zero-order chi connectivity index (χ0) is 21.2. The van der Waals surface area contributed by atoms with Crippen LogP contribution in [-0.2, 0) is 0 Å². The van der Waals surface area contributed by atoms with Gasteiger partial charge in [0.25, 0.3) is 0 Å². The van der Waals surface area contributed by atoms with Gasteiger partial charge in [-0.1, -0.05) is 47.1 Å². The second-order valence-electron chi connectivity index (χ2n) is 7.99. The molecule has 2 aliphatic rings. The van der Waals surface area contributed by atoms with Crippen molar-refractivity contribution in [2.75, 3.05) is 49.1 Å². The molecule has 0 spiro atoms. The van der Waals surface area contributed by atoms with Crippen LogP contribution in [0.3, 0.4) is 0 Å². The van der Waals surface area contributed by atoms with Crippen molar-refractivity contribution in [3.63, 3.8) is 0 Å². The molecule has 0 N–H and O–H groups in total. The third kappa shape index (κ3) is 4.68. The highest BCUT2D eigenvalue weighted by Crippen LogP contribution is 2.48. The van der Waals surface area contributed by atoms with Crippen molar-refractivity contribution in [3.05, 3.63) is 76.8 Å². The third-order valence-corrected chi connectivity index (χ3v) is 7.63. The van der Waals surface area contributed by atoms with Gasteiger partial charge in [0.2, 0.25) is 0 Å². The molecule has 0 radical (unpaired) electrons. The second kappa shape index (κ2) is 9.33. The number of fused-ring (bicyclic) bond motifs is 2. The Labute approximate surface area is 198 Å². The van der Waals surface area contributed by atoms with Crippen LogP contribution < -0.4 is 9.80 Å². The molecule has 0 aliphatic carbocycles. The van der Waals surface area contributed by atoms with Crippen molar-refractivity contribution in [2.24, 2.45) is 0 Å². The highest BCUT2D eigenvalue weighted by molar-refractivity contribution is 7.99. The highest BCUT2D eigenvalue weighted by atomic mass is 35.5. The number of halogens is 2. The first-order chi connectivity index (χ1) is 15.2. The van der Waals surface area contributed by atoms with Crippen molar-refractivity contribution < 1.29 is 0 Å². The van der Waals surface area contributed by atoms with Gasteiger partial charge in [0.1, 0.15) is 0 Å². The van der Waals surface area contributed by atoms with E-state index in [0.29, 0.717) is 0 Å². The molecule has 2 aliphatic heterocycles. The SMILES string of the molecule is Clc1ccc(N2CCN(CCCN3c4ccccc4Sc4ccc(Cl)cc43)CC2)cc1. The molecule has 0 bridgehead atoms. The Morgan fingerprint density at radius 1 is 0.710 bits per heavy atom. The second-order valence-corrected chi connectivity index (χ2v) is 9.95. The van der Waals surface area contributed by atoms with Gasteiger partial charge in [0.05, 0.1) is 11.4 Å². The molecule has 1 fully saturated rings. The number of para-hydroxylation sites is 1. The van der Waals surface area contributed by atoms with Gasteiger partial charge in [-0.05, 0) is 67.6 Å². The zero-order valence-electron chi connectivity index (χ0n) is 17.3. The minimum Gasteiger partial charge on any atom is -0.369 e. The first kappa shape index (κ1) is 21.0. The summed E-state index contributed by atoms with van der Waals surface area (Å²) < 4.78 is 0. The molecule has 0 saturated carbocycles. The first-order valence-electron chi connectivity index (χ1n) is 10.7. The molecule has 2 heterocycles. The fourth-order valence-electron chi connectivity index (χ4n) is 4.38. The van der Waals surface area contributed by atoms with Crippen molar-refractivity contribution in [3.8, 4) is 0 Å². The quantitative estimate of drug-likeness (QED) is 0.405. The number of rotatable bonds is 5. The maximum atomic E-state index is 6.34. The van der Waals surface area contributed by atoms with Gasteiger partial charge in [0.15, 0.2) is 0 Å². The molecule has 6 heteroatoms. The van der Waals surface area contributed by atoms with E-state index in [-0.39, 0.29) is 0 Å². The highest BCUT2D eigenvalue weighted by Gasteiger charge is 2.24. The van der Waals surface area contributed by atoms with Crippen molar-refractivity contribution in [1.82, 2.24) is 4.90 Å². The van der Waals surface area contributed by atoms with Crippen LogP contribution >= 0.6 is 35.0 Å². The van der Waals surface area contributed by atoms with Crippen molar-refractivity contribution in [1.29, 1.82) is 0 Å². The maximum absolute atomic E-state index is 6.34. The monoisotopic (exact) mass is 469 g/mol. The van der Waals surface area contributed by atoms with E-state index in [2.05, 4.69) is 63.2 Å². The van der Waals surface area contributed by atoms with Gasteiger partial charge in [-0.3, -0.25) is 4.90 Å². The Morgan fingerprint density at radius 2 is 1.42 bits per heavy atom. The fourth-order valence-corrected chi connectivity index (χ4v) is 5.75. The number of piperazine rings is 1. The molecule has 0 amide bonds. The summed E-state index contributed by atoms with van der Waals surface area (Å²) >= 11 is 14.2. The third-order valence-electron chi connectivity index (χ3n) is 6.01. The molecule has 3 aromatic rings. The topological polar surface area (TPSA) is 9.72 Å². The van der Waals surface area contributed by atoms with Crippen molar-refractivity contribution >= 4 is 52.0 Å². The van der Waals surface area contributed by atoms with Gasteiger partial charge in [-0.15, -0.1) is 0 Å². The standard InChI is InChI=1S/C25H25Cl2N3S/c26-19-6-9-21(10-7-19)29-16-14-28(15-17-29)12-3-13-30-22-4-1-2-5-24(22)31-25-11-8-20(27)18-23(25)30/h1-2,4-11,18H,3,12-17H2. The summed E-state index contributed by atoms with van der Waals surface area (Å²) in [6, 6.07) is 23.1. The summed E-state index contributed by atoms with van der Waals surface area (Å²) in [5, 5.41) is 1.59. The summed E-state index contributed by atoms with van der Waals surface area (Å²) in [7, 11) is 0. The van der Waals surface area contributed by atoms with Crippen LogP contribution in [0.2, 0.25) is 10.0 Å². The number of hydrogen-bond donors (Lipinski definition) is 0. The molecule has 5 rings (SSSR count). The van der Waals surface area contributed by atoms with Gasteiger partial charge in [0, 0.05) is 58.2 Å². The number of hydrogen-bond acceptors (Lipinski definition) is 4. The van der Waals surface area contributed by atoms with E-state index in [9.17, 15) is 0 Å². The Morgan fingerprint density at radius 3 is 2.23 bits per heavy atom. The van der Waals surface area contributed by atoms with Gasteiger partial charge >= 0.3 is 0 Å². The number of nitrogens with zero attached hydrogens (tertiary/aromatic N) is 3. The summed E-state index contributed by atoms with van der Waals surface area (Å²) in [6.07, 6.45) is 1.12. The summed E-state index contributed by atoms with van der Waals surface area (Å²) in [4.78, 5) is 10.1. The lowest BCUT2D eigenvalue weighted by molar-refractivity contribution is 0.256. The lowest BCUT2D eigenvalue weighted by atomic mass is 10.2. The van der Waals surface area contributed by atoms with Gasteiger partial charge < -0.3 is 9.80 Å². The summed E-state index contributed by atoms with van der Waals surface area (Å²) in [5.41, 5.74) is 3.78. The van der Waals surface area contributed by atoms with Crippen molar-refractivity contribution in [2.45, 2.75) is 16.2 Å². The summed E-state index contributed by atoms with van der Waals surface area (Å²) in [6.45, 7) is 6.40. The Balaban J connectivity index is 1.20. The van der Waals surface area contributed by atoms with E-state index >= 15 is 0 Å². The van der Waals surface area contributed by atoms with Crippen LogP contribution in [0.25, 0.3) is 0 Å². The Kier molecular flexibility index (Phi) is 6.33. The average molecular weight is 470 g/mol. The molecule has 3 nitrogen and oxygen atoms in total. The average Bonchev–Trinajstić information content (AvgIpc) is 2.80. The largest absolute Gasteiger partial charge is 0.369 e. The molecule has 3 aromatic carbocycles. The molecule has 31 heavy (non-hydrogen) atoms. The summed E-state index contributed by atoms with van der Waals surface area (Å²) in [5.74, 6) is 0. The number of anilines is 3. The van der Waals surface area contributed by atoms with E-state index in [4.69, 9.17) is 23.2 Å². The normalized spacial score (nSPS) is 16.2. The molecule has 160 valence electrons. The predicted molar refractivity (Wildman–Crippen MR) is 134 cm³/mol. The minimum atomic E-state index is 0.794. The van der Waals surface area contributed by atoms with E-state index in [0.717, 1.165) is 55.7 Å². The lowest BCUT2D eigenvalue weighted by Crippen LogP contribution is -2.47. The Hall–Kier alpha value is -1.85. The molecule has 0 unspecified atom stereocenters. The maximum Gasteiger partial charge on any atom is 0.0567 e. The van der Waals surface area contributed by atoms with Crippen LogP contribution in [0, 0.1) is 0 Å². The molecule has 1 saturated heterocycles. The van der Waals surface area contributed by atoms with E-state index in [1.165, 1.54) is 26.9 Å². The van der Waals surface area contributed by atoms with Crippen LogP contribution in [-0.4, -0.2) is 44.2 Å². The van der Waals surface area contributed by atoms with Crippen LogP contribution in [0.15, 0.2) is 76.5 Å². The van der Waals surface area contributed by atoms with E-state index in [1.54, 1.807) is 0 Å². The Bertz CT molecular complexity index is 1050. The number of benzene rings is 3. The van der Waals surface area contributed by atoms with E-state index in [1.807, 2.05) is 30.0 Å². The zero-order valence-corrected chi connectivity index (χ0v) is 19.6. The minimum absolute atomic E-state index is 0.794. The van der Waals surface area contributed by atoms with Gasteiger partial charge in [-0.2, -0.15) is 0 Å². The lowest BCUT2D eigenvalue weighted by Gasteiger charge is -2.37. The molecular weight excluding hydrogens is 445 g/mol. The smallest absolute Gasteiger partial charge is 0.0567 e. The van der Waals surface area contributed by atoms with Crippen LogP contribution in [0.5, 0.6) is 0 Å². The van der Waals surface area contributed by atoms with E-state index < -0.39 is 0 Å². The predicted octanol–water partition coefficient (Wildman–Crippen LogP) is 6.81. The van der Waals surface area contributed by atoms with Gasteiger partial charge in [-0.25, -0.2) is 0 Å². The first-order valence-corrected chi connectivity index (χ1v) is 12.3. The van der Waals surface area contributed by atoms with Crippen LogP contribution in [0.4, 0.5) is 17.1 Å².